The molecule has 0 bridgehead atoms. The van der Waals surface area contributed by atoms with E-state index in [-0.39, 0.29) is 18.3 Å². The molecule has 0 unspecified atom stereocenters. The van der Waals surface area contributed by atoms with Crippen molar-refractivity contribution in [1.29, 1.82) is 0 Å². The third kappa shape index (κ3) is 2.93. The van der Waals surface area contributed by atoms with Crippen molar-refractivity contribution in [2.75, 3.05) is 13.7 Å². The first-order valence-electron chi connectivity index (χ1n) is 6.90. The molecule has 0 heterocycles. The SMILES string of the molecule is C=CNC(=O)CNC1(C2=C(F)CCC(OC)=C2)CCC1. The third-order valence-electron chi connectivity index (χ3n) is 4.02. The van der Waals surface area contributed by atoms with E-state index in [0.29, 0.717) is 18.4 Å². The van der Waals surface area contributed by atoms with Crippen LogP contribution in [0.1, 0.15) is 32.1 Å². The van der Waals surface area contributed by atoms with Crippen LogP contribution in [0.3, 0.4) is 0 Å². The highest BCUT2D eigenvalue weighted by molar-refractivity contribution is 5.79. The maximum absolute atomic E-state index is 14.2. The fourth-order valence-corrected chi connectivity index (χ4v) is 2.72. The lowest BCUT2D eigenvalue weighted by atomic mass is 9.69. The summed E-state index contributed by atoms with van der Waals surface area (Å²) in [4.78, 5) is 11.5. The Labute approximate surface area is 118 Å². The van der Waals surface area contributed by atoms with Gasteiger partial charge in [0, 0.05) is 24.0 Å². The molecule has 110 valence electrons. The lowest BCUT2D eigenvalue weighted by Gasteiger charge is -2.45. The van der Waals surface area contributed by atoms with Gasteiger partial charge in [-0.1, -0.05) is 6.58 Å². The van der Waals surface area contributed by atoms with Crippen LogP contribution < -0.4 is 10.6 Å². The summed E-state index contributed by atoms with van der Waals surface area (Å²) in [6.07, 6.45) is 6.81. The number of ether oxygens (including phenoxy) is 1. The zero-order valence-corrected chi connectivity index (χ0v) is 11.8. The number of halogens is 1. The van der Waals surface area contributed by atoms with Gasteiger partial charge in [0.2, 0.25) is 5.91 Å². The molecule has 5 heteroatoms. The highest BCUT2D eigenvalue weighted by Crippen LogP contribution is 2.43. The van der Waals surface area contributed by atoms with Gasteiger partial charge in [-0.25, -0.2) is 4.39 Å². The van der Waals surface area contributed by atoms with E-state index in [1.807, 2.05) is 0 Å². The van der Waals surface area contributed by atoms with Crippen LogP contribution in [-0.4, -0.2) is 25.1 Å². The topological polar surface area (TPSA) is 50.4 Å². The number of amides is 1. The Morgan fingerprint density at radius 1 is 1.55 bits per heavy atom. The molecule has 0 radical (unpaired) electrons. The van der Waals surface area contributed by atoms with Crippen molar-refractivity contribution in [1.82, 2.24) is 10.6 Å². The molecule has 0 spiro atoms. The normalized spacial score (nSPS) is 20.8. The number of carbonyl (C=O) groups is 1. The fourth-order valence-electron chi connectivity index (χ4n) is 2.72. The van der Waals surface area contributed by atoms with E-state index in [1.165, 1.54) is 6.20 Å². The van der Waals surface area contributed by atoms with Crippen LogP contribution in [0.5, 0.6) is 0 Å². The van der Waals surface area contributed by atoms with Crippen LogP contribution in [0.15, 0.2) is 36.0 Å². The molecule has 0 aromatic heterocycles. The van der Waals surface area contributed by atoms with Crippen molar-refractivity contribution >= 4 is 5.91 Å². The summed E-state index contributed by atoms with van der Waals surface area (Å²) in [5.74, 6) is 0.534. The van der Waals surface area contributed by atoms with Gasteiger partial charge in [0.15, 0.2) is 0 Å². The molecule has 2 aliphatic carbocycles. The number of nitrogens with one attached hydrogen (secondary N) is 2. The predicted octanol–water partition coefficient (Wildman–Crippen LogP) is 2.31. The van der Waals surface area contributed by atoms with Gasteiger partial charge in [-0.05, 0) is 31.5 Å². The maximum Gasteiger partial charge on any atom is 0.237 e. The Bertz CT molecular complexity index is 464. The smallest absolute Gasteiger partial charge is 0.237 e. The number of methoxy groups -OCH3 is 1. The molecule has 0 aromatic carbocycles. The van der Waals surface area contributed by atoms with Crippen molar-refractivity contribution in [2.24, 2.45) is 0 Å². The lowest BCUT2D eigenvalue weighted by molar-refractivity contribution is -0.119. The Balaban J connectivity index is 2.12. The van der Waals surface area contributed by atoms with E-state index in [4.69, 9.17) is 4.74 Å². The Hall–Kier alpha value is -1.62. The van der Waals surface area contributed by atoms with Gasteiger partial charge in [0.25, 0.3) is 0 Å². The minimum absolute atomic E-state index is 0.0953. The quantitative estimate of drug-likeness (QED) is 0.785. The van der Waals surface area contributed by atoms with Crippen LogP contribution in [-0.2, 0) is 9.53 Å². The number of carbonyl (C=O) groups excluding carboxylic acids is 1. The van der Waals surface area contributed by atoms with E-state index in [1.54, 1.807) is 13.2 Å². The molecule has 0 saturated heterocycles. The summed E-state index contributed by atoms with van der Waals surface area (Å²) in [5, 5.41) is 5.72. The summed E-state index contributed by atoms with van der Waals surface area (Å²) in [7, 11) is 1.60. The second-order valence-electron chi connectivity index (χ2n) is 5.19. The molecule has 0 aliphatic heterocycles. The van der Waals surface area contributed by atoms with Crippen molar-refractivity contribution in [3.8, 4) is 0 Å². The van der Waals surface area contributed by atoms with E-state index in [2.05, 4.69) is 17.2 Å². The first-order valence-corrected chi connectivity index (χ1v) is 6.90. The Kier molecular flexibility index (Phi) is 4.60. The molecule has 20 heavy (non-hydrogen) atoms. The largest absolute Gasteiger partial charge is 0.501 e. The van der Waals surface area contributed by atoms with E-state index < -0.39 is 5.54 Å². The molecule has 2 rings (SSSR count). The highest BCUT2D eigenvalue weighted by atomic mass is 19.1. The molecular formula is C15H21FN2O2. The van der Waals surface area contributed by atoms with Gasteiger partial charge in [-0.3, -0.25) is 10.1 Å². The monoisotopic (exact) mass is 280 g/mol. The van der Waals surface area contributed by atoms with Crippen LogP contribution in [0.4, 0.5) is 4.39 Å². The van der Waals surface area contributed by atoms with Gasteiger partial charge in [-0.15, -0.1) is 0 Å². The number of allylic oxidation sites excluding steroid dienone is 2. The molecule has 2 aliphatic rings. The maximum atomic E-state index is 14.2. The van der Waals surface area contributed by atoms with Crippen LogP contribution in [0.2, 0.25) is 0 Å². The van der Waals surface area contributed by atoms with Crippen molar-refractivity contribution in [3.63, 3.8) is 0 Å². The second kappa shape index (κ2) is 6.22. The molecule has 2 N–H and O–H groups in total. The summed E-state index contributed by atoms with van der Waals surface area (Å²) in [6, 6.07) is 0. The predicted molar refractivity (Wildman–Crippen MR) is 75.4 cm³/mol. The number of rotatable bonds is 6. The van der Waals surface area contributed by atoms with Crippen molar-refractivity contribution in [3.05, 3.63) is 36.0 Å². The number of hydrogen-bond donors (Lipinski definition) is 2. The van der Waals surface area contributed by atoms with Gasteiger partial charge >= 0.3 is 0 Å². The first kappa shape index (κ1) is 14.8. The molecular weight excluding hydrogens is 259 g/mol. The van der Waals surface area contributed by atoms with Crippen LogP contribution in [0.25, 0.3) is 0 Å². The summed E-state index contributed by atoms with van der Waals surface area (Å²) >= 11 is 0. The Morgan fingerprint density at radius 2 is 2.30 bits per heavy atom. The molecule has 0 aromatic rings. The van der Waals surface area contributed by atoms with Gasteiger partial charge < -0.3 is 10.1 Å². The molecule has 0 atom stereocenters. The van der Waals surface area contributed by atoms with Gasteiger partial charge in [-0.2, -0.15) is 0 Å². The van der Waals surface area contributed by atoms with Gasteiger partial charge in [0.1, 0.15) is 5.83 Å². The Morgan fingerprint density at radius 3 is 2.85 bits per heavy atom. The standard InChI is InChI=1S/C15H21FN2O2/c1-3-17-14(19)10-18-15(7-4-8-15)12-9-11(20-2)5-6-13(12)16/h3,9,18H,1,4-8,10H2,2H3,(H,17,19). The first-order chi connectivity index (χ1) is 9.61. The van der Waals surface area contributed by atoms with E-state index in [0.717, 1.165) is 25.0 Å². The minimum Gasteiger partial charge on any atom is -0.501 e. The molecule has 1 fully saturated rings. The van der Waals surface area contributed by atoms with Crippen LogP contribution >= 0.6 is 0 Å². The van der Waals surface area contributed by atoms with Crippen molar-refractivity contribution in [2.45, 2.75) is 37.6 Å². The zero-order valence-electron chi connectivity index (χ0n) is 11.8. The fraction of sp³-hybridized carbons (Fsp3) is 0.533. The second-order valence-corrected chi connectivity index (χ2v) is 5.19. The number of hydrogen-bond acceptors (Lipinski definition) is 3. The lowest BCUT2D eigenvalue weighted by Crippen LogP contribution is -2.55. The summed E-state index contributed by atoms with van der Waals surface area (Å²) < 4.78 is 19.4. The zero-order chi connectivity index (χ0) is 14.6. The van der Waals surface area contributed by atoms with E-state index in [9.17, 15) is 9.18 Å². The summed E-state index contributed by atoms with van der Waals surface area (Å²) in [6.45, 7) is 3.60. The summed E-state index contributed by atoms with van der Waals surface area (Å²) in [5.41, 5.74) is 0.227. The molecule has 4 nitrogen and oxygen atoms in total. The average molecular weight is 280 g/mol. The van der Waals surface area contributed by atoms with Gasteiger partial charge in [0.05, 0.1) is 19.4 Å². The minimum atomic E-state index is -0.424. The molecule has 1 saturated carbocycles. The average Bonchev–Trinajstić information content (AvgIpc) is 2.39. The third-order valence-corrected chi connectivity index (χ3v) is 4.02. The van der Waals surface area contributed by atoms with E-state index >= 15 is 0 Å². The van der Waals surface area contributed by atoms with Crippen LogP contribution in [0, 0.1) is 0 Å². The van der Waals surface area contributed by atoms with Crippen molar-refractivity contribution < 1.29 is 13.9 Å². The highest BCUT2D eigenvalue weighted by Gasteiger charge is 2.42. The molecule has 1 amide bonds.